The van der Waals surface area contributed by atoms with Crippen LogP contribution in [0.1, 0.15) is 32.4 Å². The first-order valence-electron chi connectivity index (χ1n) is 6.10. The number of esters is 1. The molecule has 0 bridgehead atoms. The molecule has 0 amide bonds. The van der Waals surface area contributed by atoms with E-state index in [0.717, 1.165) is 12.1 Å². The number of ether oxygens (including phenoxy) is 1. The zero-order valence-electron chi connectivity index (χ0n) is 10.8. The molecule has 0 aromatic heterocycles. The molecule has 0 heterocycles. The van der Waals surface area contributed by atoms with Crippen molar-refractivity contribution in [2.24, 2.45) is 5.92 Å². The highest BCUT2D eigenvalue weighted by molar-refractivity contribution is 5.77. The summed E-state index contributed by atoms with van der Waals surface area (Å²) in [5.74, 6) is 0.287. The minimum Gasteiger partial charge on any atom is -0.465 e. The van der Waals surface area contributed by atoms with E-state index >= 15 is 0 Å². The highest BCUT2D eigenvalue weighted by Crippen LogP contribution is 2.14. The smallest absolute Gasteiger partial charge is 0.327 e. The van der Waals surface area contributed by atoms with Crippen molar-refractivity contribution in [3.63, 3.8) is 0 Å². The van der Waals surface area contributed by atoms with Crippen molar-refractivity contribution in [3.05, 3.63) is 35.9 Å². The molecule has 1 atom stereocenters. The lowest BCUT2D eigenvalue weighted by atomic mass is 10.1. The fourth-order valence-corrected chi connectivity index (χ4v) is 1.56. The minimum atomic E-state index is -0.362. The third kappa shape index (κ3) is 4.57. The first kappa shape index (κ1) is 13.7. The summed E-state index contributed by atoms with van der Waals surface area (Å²) in [4.78, 5) is 11.9. The van der Waals surface area contributed by atoms with E-state index in [1.165, 1.54) is 0 Å². The van der Waals surface area contributed by atoms with Crippen molar-refractivity contribution >= 4 is 5.97 Å². The average Bonchev–Trinajstić information content (AvgIpc) is 2.30. The van der Waals surface area contributed by atoms with Crippen LogP contribution in [-0.2, 0) is 9.53 Å². The molecule has 0 unspecified atom stereocenters. The summed E-state index contributed by atoms with van der Waals surface area (Å²) >= 11 is 0. The van der Waals surface area contributed by atoms with Gasteiger partial charge in [0.1, 0.15) is 6.04 Å². The SMILES string of the molecule is CCOC(=O)[C@H](NCC(C)C)c1ccccc1. The Morgan fingerprint density at radius 2 is 1.94 bits per heavy atom. The van der Waals surface area contributed by atoms with Crippen LogP contribution in [0, 0.1) is 5.92 Å². The van der Waals surface area contributed by atoms with Gasteiger partial charge in [0.2, 0.25) is 0 Å². The van der Waals surface area contributed by atoms with E-state index in [1.807, 2.05) is 37.3 Å². The number of hydrogen-bond acceptors (Lipinski definition) is 3. The second-order valence-corrected chi connectivity index (χ2v) is 4.40. The molecule has 0 radical (unpaired) electrons. The van der Waals surface area contributed by atoms with Gasteiger partial charge in [0.05, 0.1) is 6.61 Å². The second kappa shape index (κ2) is 7.07. The van der Waals surface area contributed by atoms with Crippen molar-refractivity contribution in [1.29, 1.82) is 0 Å². The van der Waals surface area contributed by atoms with Crippen LogP contribution >= 0.6 is 0 Å². The van der Waals surface area contributed by atoms with E-state index in [0.29, 0.717) is 12.5 Å². The molecule has 0 aliphatic carbocycles. The number of carbonyl (C=O) groups is 1. The van der Waals surface area contributed by atoms with Crippen LogP contribution < -0.4 is 5.32 Å². The van der Waals surface area contributed by atoms with Crippen molar-refractivity contribution in [2.75, 3.05) is 13.2 Å². The minimum absolute atomic E-state index is 0.209. The van der Waals surface area contributed by atoms with Crippen molar-refractivity contribution < 1.29 is 9.53 Å². The molecule has 0 aliphatic heterocycles. The largest absolute Gasteiger partial charge is 0.465 e. The Balaban J connectivity index is 2.75. The van der Waals surface area contributed by atoms with Crippen molar-refractivity contribution in [1.82, 2.24) is 5.32 Å². The molecule has 3 nitrogen and oxygen atoms in total. The Bertz CT molecular complexity index is 335. The number of benzene rings is 1. The van der Waals surface area contributed by atoms with Crippen LogP contribution in [0.4, 0.5) is 0 Å². The molecule has 3 heteroatoms. The monoisotopic (exact) mass is 235 g/mol. The lowest BCUT2D eigenvalue weighted by Gasteiger charge is -2.18. The van der Waals surface area contributed by atoms with Crippen LogP contribution in [0.2, 0.25) is 0 Å². The molecule has 17 heavy (non-hydrogen) atoms. The van der Waals surface area contributed by atoms with Gasteiger partial charge in [0.15, 0.2) is 0 Å². The van der Waals surface area contributed by atoms with Gasteiger partial charge < -0.3 is 10.1 Å². The highest BCUT2D eigenvalue weighted by atomic mass is 16.5. The quantitative estimate of drug-likeness (QED) is 0.770. The summed E-state index contributed by atoms with van der Waals surface area (Å²) in [5, 5.41) is 3.25. The summed E-state index contributed by atoms with van der Waals surface area (Å²) < 4.78 is 5.09. The number of carbonyl (C=O) groups excluding carboxylic acids is 1. The Morgan fingerprint density at radius 3 is 2.47 bits per heavy atom. The predicted octanol–water partition coefficient (Wildman–Crippen LogP) is 2.54. The van der Waals surface area contributed by atoms with E-state index < -0.39 is 0 Å². The van der Waals surface area contributed by atoms with Crippen molar-refractivity contribution in [3.8, 4) is 0 Å². The molecule has 94 valence electrons. The normalized spacial score (nSPS) is 12.5. The summed E-state index contributed by atoms with van der Waals surface area (Å²) in [7, 11) is 0. The molecule has 0 spiro atoms. The van der Waals surface area contributed by atoms with E-state index in [-0.39, 0.29) is 12.0 Å². The maximum absolute atomic E-state index is 11.9. The molecule has 0 saturated carbocycles. The van der Waals surface area contributed by atoms with E-state index in [1.54, 1.807) is 0 Å². The fraction of sp³-hybridized carbons (Fsp3) is 0.500. The fourth-order valence-electron chi connectivity index (χ4n) is 1.56. The molecule has 1 aromatic carbocycles. The molecular formula is C14H21NO2. The highest BCUT2D eigenvalue weighted by Gasteiger charge is 2.21. The van der Waals surface area contributed by atoms with Gasteiger partial charge in [-0.05, 0) is 24.9 Å². The Hall–Kier alpha value is -1.35. The van der Waals surface area contributed by atoms with Crippen LogP contribution in [0.25, 0.3) is 0 Å². The van der Waals surface area contributed by atoms with E-state index in [4.69, 9.17) is 4.74 Å². The van der Waals surface area contributed by atoms with Gasteiger partial charge in [0.25, 0.3) is 0 Å². The van der Waals surface area contributed by atoms with Gasteiger partial charge in [-0.15, -0.1) is 0 Å². The summed E-state index contributed by atoms with van der Waals surface area (Å²) in [6, 6.07) is 9.31. The van der Waals surface area contributed by atoms with Gasteiger partial charge in [-0.2, -0.15) is 0 Å². The molecule has 1 aromatic rings. The lowest BCUT2D eigenvalue weighted by Crippen LogP contribution is -2.32. The Kier molecular flexibility index (Phi) is 5.70. The molecular weight excluding hydrogens is 214 g/mol. The summed E-state index contributed by atoms with van der Waals surface area (Å²) in [6.07, 6.45) is 0. The zero-order valence-corrected chi connectivity index (χ0v) is 10.8. The average molecular weight is 235 g/mol. The summed E-state index contributed by atoms with van der Waals surface area (Å²) in [6.45, 7) is 7.24. The van der Waals surface area contributed by atoms with Gasteiger partial charge >= 0.3 is 5.97 Å². The van der Waals surface area contributed by atoms with Crippen molar-refractivity contribution in [2.45, 2.75) is 26.8 Å². The number of rotatable bonds is 6. The standard InChI is InChI=1S/C14H21NO2/c1-4-17-14(16)13(15-10-11(2)3)12-8-6-5-7-9-12/h5-9,11,13,15H,4,10H2,1-3H3/t13-/m1/s1. The topological polar surface area (TPSA) is 38.3 Å². The van der Waals surface area contributed by atoms with Crippen LogP contribution in [-0.4, -0.2) is 19.1 Å². The number of hydrogen-bond donors (Lipinski definition) is 1. The zero-order chi connectivity index (χ0) is 12.7. The van der Waals surface area contributed by atoms with Gasteiger partial charge in [0, 0.05) is 0 Å². The first-order valence-corrected chi connectivity index (χ1v) is 6.10. The van der Waals surface area contributed by atoms with Gasteiger partial charge in [-0.1, -0.05) is 44.2 Å². The number of nitrogens with one attached hydrogen (secondary N) is 1. The molecule has 0 saturated heterocycles. The summed E-state index contributed by atoms with van der Waals surface area (Å²) in [5.41, 5.74) is 0.951. The predicted molar refractivity (Wildman–Crippen MR) is 68.7 cm³/mol. The molecule has 0 fully saturated rings. The van der Waals surface area contributed by atoms with Crippen LogP contribution in [0.15, 0.2) is 30.3 Å². The Morgan fingerprint density at radius 1 is 1.29 bits per heavy atom. The third-order valence-corrected chi connectivity index (χ3v) is 2.39. The maximum atomic E-state index is 11.9. The molecule has 1 rings (SSSR count). The maximum Gasteiger partial charge on any atom is 0.327 e. The molecule has 1 N–H and O–H groups in total. The third-order valence-electron chi connectivity index (χ3n) is 2.39. The lowest BCUT2D eigenvalue weighted by molar-refractivity contribution is -0.145. The first-order chi connectivity index (χ1) is 8.15. The van der Waals surface area contributed by atoms with Crippen LogP contribution in [0.5, 0.6) is 0 Å². The van der Waals surface area contributed by atoms with Gasteiger partial charge in [-0.25, -0.2) is 4.79 Å². The Labute approximate surface area is 103 Å². The van der Waals surface area contributed by atoms with Gasteiger partial charge in [-0.3, -0.25) is 0 Å². The second-order valence-electron chi connectivity index (χ2n) is 4.40. The molecule has 0 aliphatic rings. The van der Waals surface area contributed by atoms with E-state index in [2.05, 4.69) is 19.2 Å². The van der Waals surface area contributed by atoms with Crippen LogP contribution in [0.3, 0.4) is 0 Å². The van der Waals surface area contributed by atoms with E-state index in [9.17, 15) is 4.79 Å².